The molecule has 2 aliphatic rings. The molecule has 8 nitrogen and oxygen atoms in total. The lowest BCUT2D eigenvalue weighted by Gasteiger charge is -2.30. The topological polar surface area (TPSA) is 99.5 Å². The van der Waals surface area contributed by atoms with Crippen LogP contribution in [0, 0.1) is 12.8 Å². The number of rotatable bonds is 10. The van der Waals surface area contributed by atoms with Gasteiger partial charge in [-0.25, -0.2) is 15.0 Å². The molecule has 1 aromatic carbocycles. The summed E-state index contributed by atoms with van der Waals surface area (Å²) in [6.07, 6.45) is 3.78. The molecule has 2 fully saturated rings. The highest BCUT2D eigenvalue weighted by molar-refractivity contribution is 7.12. The lowest BCUT2D eigenvalue weighted by atomic mass is 9.97. The number of likely N-dealkylation sites (tertiary alicyclic amines) is 1. The molecule has 1 N–H and O–H groups in total. The number of aromatic nitrogens is 3. The van der Waals surface area contributed by atoms with Gasteiger partial charge in [0.1, 0.15) is 16.5 Å². The molecule has 1 unspecified atom stereocenters. The van der Waals surface area contributed by atoms with Crippen LogP contribution >= 0.6 is 11.3 Å². The number of Topliss-reactive ketones (excluding diaryl/α,β-unsaturated/α-hetero) is 1. The average Bonchev–Trinajstić information content (AvgIpc) is 3.59. The number of thiazole rings is 1. The van der Waals surface area contributed by atoms with Gasteiger partial charge in [0.15, 0.2) is 5.78 Å². The summed E-state index contributed by atoms with van der Waals surface area (Å²) in [5.41, 5.74) is 0.532. The number of aliphatic carboxylic acids is 1. The van der Waals surface area contributed by atoms with E-state index in [9.17, 15) is 27.9 Å². The minimum Gasteiger partial charge on any atom is -0.481 e. The molecule has 4 heterocycles. The van der Waals surface area contributed by atoms with E-state index in [4.69, 9.17) is 4.98 Å². The van der Waals surface area contributed by atoms with Gasteiger partial charge in [0.25, 0.3) is 0 Å². The molecule has 238 valence electrons. The minimum absolute atomic E-state index is 0. The molecule has 0 aliphatic carbocycles. The third-order valence-electron chi connectivity index (χ3n) is 8.43. The Morgan fingerprint density at radius 2 is 1.84 bits per heavy atom. The zero-order valence-corrected chi connectivity index (χ0v) is 25.2. The lowest BCUT2D eigenvalue weighted by molar-refractivity contribution is -0.142. The number of benzene rings is 1. The first kappa shape index (κ1) is 33.5. The van der Waals surface area contributed by atoms with Crippen LogP contribution in [0.5, 0.6) is 0 Å². The van der Waals surface area contributed by atoms with Gasteiger partial charge >= 0.3 is 12.1 Å². The van der Waals surface area contributed by atoms with Gasteiger partial charge in [-0.3, -0.25) is 14.5 Å². The number of piperidine rings is 1. The Balaban J connectivity index is 0.00000442. The summed E-state index contributed by atoms with van der Waals surface area (Å²) in [5.74, 6) is -0.836. The molecule has 2 aromatic heterocycles. The molecule has 5 rings (SSSR count). The van der Waals surface area contributed by atoms with Gasteiger partial charge in [-0.05, 0) is 57.2 Å². The summed E-state index contributed by atoms with van der Waals surface area (Å²) < 4.78 is 41.3. The number of alkyl halides is 3. The van der Waals surface area contributed by atoms with E-state index in [0.717, 1.165) is 43.2 Å². The molecular weight excluding hydrogens is 591 g/mol. The van der Waals surface area contributed by atoms with E-state index in [2.05, 4.69) is 21.8 Å². The van der Waals surface area contributed by atoms with Crippen molar-refractivity contribution >= 4 is 28.9 Å². The zero-order chi connectivity index (χ0) is 30.7. The maximum absolute atomic E-state index is 13.8. The van der Waals surface area contributed by atoms with Gasteiger partial charge in [0, 0.05) is 36.1 Å². The van der Waals surface area contributed by atoms with Crippen molar-refractivity contribution in [2.24, 2.45) is 5.92 Å². The number of carbonyl (C=O) groups is 2. The second-order valence-corrected chi connectivity index (χ2v) is 12.6. The highest BCUT2D eigenvalue weighted by Crippen LogP contribution is 2.38. The number of halogens is 3. The molecule has 0 saturated carbocycles. The van der Waals surface area contributed by atoms with Crippen LogP contribution in [0.3, 0.4) is 0 Å². The average molecular weight is 632 g/mol. The number of aryl methyl sites for hydroxylation is 1. The quantitative estimate of drug-likeness (QED) is 0.238. The number of ketones is 1. The van der Waals surface area contributed by atoms with Crippen LogP contribution in [0.2, 0.25) is 0 Å². The van der Waals surface area contributed by atoms with Crippen LogP contribution in [0.4, 0.5) is 19.0 Å². The van der Waals surface area contributed by atoms with Crippen LogP contribution in [-0.4, -0.2) is 62.4 Å². The third kappa shape index (κ3) is 7.63. The Morgan fingerprint density at radius 1 is 1.09 bits per heavy atom. The molecule has 0 spiro atoms. The van der Waals surface area contributed by atoms with Crippen molar-refractivity contribution in [2.75, 3.05) is 24.5 Å². The first-order chi connectivity index (χ1) is 20.5. The van der Waals surface area contributed by atoms with Gasteiger partial charge in [-0.2, -0.15) is 13.2 Å². The molecule has 0 radical (unpaired) electrons. The van der Waals surface area contributed by atoms with Crippen molar-refractivity contribution in [1.82, 2.24) is 19.9 Å². The number of hydrogen-bond acceptors (Lipinski definition) is 8. The van der Waals surface area contributed by atoms with Gasteiger partial charge in [0.05, 0.1) is 36.0 Å². The standard InChI is InChI=1S/C31H36F3N5O3S.CH4/c1-3-5-22-6-4-11-39(22)18-26-29(21-8-7-19(2)23(14-21)31(32,33)34)37-28(43-26)15-25(40)24-16-36-27(17-35-24)38-12-9-20(10-13-38)30(41)42;/h7-8,14,16-17,20,22H,3-6,9-13,15,18H2,1-2H3,(H,41,42);1H4. The first-order valence-corrected chi connectivity index (χ1v) is 15.6. The minimum atomic E-state index is -4.48. The summed E-state index contributed by atoms with van der Waals surface area (Å²) in [6, 6.07) is 4.74. The van der Waals surface area contributed by atoms with Crippen LogP contribution in [-0.2, 0) is 23.9 Å². The summed E-state index contributed by atoms with van der Waals surface area (Å²) in [5, 5.41) is 9.75. The number of carboxylic acids is 1. The van der Waals surface area contributed by atoms with Gasteiger partial charge in [-0.15, -0.1) is 11.3 Å². The second kappa shape index (κ2) is 14.2. The van der Waals surface area contributed by atoms with E-state index >= 15 is 0 Å². The van der Waals surface area contributed by atoms with Crippen molar-refractivity contribution < 1.29 is 27.9 Å². The highest BCUT2D eigenvalue weighted by Gasteiger charge is 2.33. The lowest BCUT2D eigenvalue weighted by Crippen LogP contribution is -2.36. The predicted molar refractivity (Wildman–Crippen MR) is 165 cm³/mol. The number of carbonyl (C=O) groups excluding carboxylic acids is 1. The molecule has 44 heavy (non-hydrogen) atoms. The molecule has 2 aliphatic heterocycles. The number of nitrogens with zero attached hydrogens (tertiary/aromatic N) is 5. The molecule has 2 saturated heterocycles. The molecule has 3 aromatic rings. The van der Waals surface area contributed by atoms with Gasteiger partial charge < -0.3 is 10.0 Å². The largest absolute Gasteiger partial charge is 0.481 e. The summed E-state index contributed by atoms with van der Waals surface area (Å²) in [6.45, 7) is 6.20. The fourth-order valence-corrected chi connectivity index (χ4v) is 7.16. The van der Waals surface area contributed by atoms with E-state index < -0.39 is 17.7 Å². The second-order valence-electron chi connectivity index (χ2n) is 11.4. The number of carboxylic acid groups (broad SMARTS) is 1. The first-order valence-electron chi connectivity index (χ1n) is 14.8. The highest BCUT2D eigenvalue weighted by atomic mass is 32.1. The Morgan fingerprint density at radius 3 is 2.48 bits per heavy atom. The van der Waals surface area contributed by atoms with Crippen LogP contribution in [0.1, 0.15) is 84.4 Å². The smallest absolute Gasteiger partial charge is 0.416 e. The maximum atomic E-state index is 13.8. The predicted octanol–water partition coefficient (Wildman–Crippen LogP) is 7.05. The van der Waals surface area contributed by atoms with Gasteiger partial charge in [-0.1, -0.05) is 32.9 Å². The Kier molecular flexibility index (Phi) is 10.8. The Hall–Kier alpha value is -3.38. The molecule has 1 atom stereocenters. The van der Waals surface area contributed by atoms with Crippen molar-refractivity contribution in [2.45, 2.75) is 85.0 Å². The fourth-order valence-electron chi connectivity index (χ4n) is 6.04. The van der Waals surface area contributed by atoms with Crippen LogP contribution in [0.15, 0.2) is 30.6 Å². The fraction of sp³-hybridized carbons (Fsp3) is 0.531. The molecule has 0 bridgehead atoms. The summed E-state index contributed by atoms with van der Waals surface area (Å²) >= 11 is 1.37. The monoisotopic (exact) mass is 631 g/mol. The Bertz CT molecular complexity index is 1450. The molecule has 0 amide bonds. The van der Waals surface area contributed by atoms with Crippen molar-refractivity contribution in [1.29, 1.82) is 0 Å². The molecular formula is C32H40F3N5O3S. The van der Waals surface area contributed by atoms with E-state index in [0.29, 0.717) is 60.6 Å². The maximum Gasteiger partial charge on any atom is 0.416 e. The summed E-state index contributed by atoms with van der Waals surface area (Å²) in [4.78, 5) is 43.1. The van der Waals surface area contributed by atoms with Crippen LogP contribution in [0.25, 0.3) is 11.3 Å². The molecule has 12 heteroatoms. The van der Waals surface area contributed by atoms with Gasteiger partial charge in [0.2, 0.25) is 0 Å². The summed E-state index contributed by atoms with van der Waals surface area (Å²) in [7, 11) is 0. The van der Waals surface area contributed by atoms with Crippen LogP contribution < -0.4 is 4.90 Å². The Labute approximate surface area is 260 Å². The van der Waals surface area contributed by atoms with Crippen molar-refractivity contribution in [3.8, 4) is 11.3 Å². The van der Waals surface area contributed by atoms with E-state index in [1.165, 1.54) is 36.7 Å². The van der Waals surface area contributed by atoms with E-state index in [-0.39, 0.29) is 36.8 Å². The number of anilines is 1. The van der Waals surface area contributed by atoms with Crippen molar-refractivity contribution in [3.63, 3.8) is 0 Å². The number of hydrogen-bond donors (Lipinski definition) is 1. The van der Waals surface area contributed by atoms with E-state index in [1.54, 1.807) is 6.07 Å². The van der Waals surface area contributed by atoms with E-state index in [1.807, 2.05) is 4.90 Å². The van der Waals surface area contributed by atoms with Crippen molar-refractivity contribution in [3.05, 3.63) is 57.3 Å². The normalized spacial score (nSPS) is 17.9. The third-order valence-corrected chi connectivity index (χ3v) is 9.47. The zero-order valence-electron chi connectivity index (χ0n) is 24.4. The SMILES string of the molecule is C.CCCC1CCCN1Cc1sc(CC(=O)c2cnc(N3CCC(C(=O)O)CC3)cn2)nc1-c1ccc(C)c(C(F)(F)F)c1.